The molecule has 0 aliphatic heterocycles. The highest BCUT2D eigenvalue weighted by atomic mass is 32.2. The summed E-state index contributed by atoms with van der Waals surface area (Å²) in [5, 5.41) is 18.6. The van der Waals surface area contributed by atoms with Crippen LogP contribution in [0.4, 0.5) is 0 Å². The van der Waals surface area contributed by atoms with Gasteiger partial charge in [0.15, 0.2) is 0 Å². The lowest BCUT2D eigenvalue weighted by Gasteiger charge is -2.23. The quantitative estimate of drug-likeness (QED) is 0.283. The van der Waals surface area contributed by atoms with E-state index >= 15 is 0 Å². The average molecular weight is 520 g/mol. The van der Waals surface area contributed by atoms with E-state index in [0.717, 1.165) is 17.2 Å². The Morgan fingerprint density at radius 3 is 2.30 bits per heavy atom. The van der Waals surface area contributed by atoms with Gasteiger partial charge in [0.25, 0.3) is 0 Å². The zero-order valence-corrected chi connectivity index (χ0v) is 20.8. The van der Waals surface area contributed by atoms with Crippen LogP contribution in [0.1, 0.15) is 32.8 Å². The number of aliphatic carboxylic acids is 1. The van der Waals surface area contributed by atoms with Crippen molar-refractivity contribution < 1.29 is 32.6 Å². The Hall–Kier alpha value is -4.21. The lowest BCUT2D eigenvalue weighted by atomic mass is 10.1. The molecule has 9 heteroatoms. The summed E-state index contributed by atoms with van der Waals surface area (Å²) in [7, 11) is -3.97. The van der Waals surface area contributed by atoms with Crippen LogP contribution < -0.4 is 0 Å². The van der Waals surface area contributed by atoms with Crippen molar-refractivity contribution in [2.24, 2.45) is 0 Å². The molecule has 0 radical (unpaired) electrons. The minimum Gasteiger partial charge on any atom is -0.478 e. The molecule has 3 aromatic carbocycles. The Balaban J connectivity index is 1.67. The molecule has 4 rings (SSSR count). The first-order chi connectivity index (χ1) is 17.6. The fourth-order valence-electron chi connectivity index (χ4n) is 4.00. The molecule has 0 amide bonds. The van der Waals surface area contributed by atoms with Crippen molar-refractivity contribution in [3.63, 3.8) is 0 Å². The maximum atomic E-state index is 13.8. The number of benzene rings is 3. The number of hydrogen-bond acceptors (Lipinski definition) is 5. The SMILES string of the molecule is Cc1c(C(=O)O)oc2ccc(S(=O)(=O)N(CCc3ccccc3)Cc3ccc(C=CC(=O)O)cc3)cc12. The van der Waals surface area contributed by atoms with E-state index in [9.17, 15) is 23.1 Å². The molecular weight excluding hydrogens is 494 g/mol. The Morgan fingerprint density at radius 1 is 0.946 bits per heavy atom. The van der Waals surface area contributed by atoms with Gasteiger partial charge in [-0.1, -0.05) is 54.6 Å². The van der Waals surface area contributed by atoms with Gasteiger partial charge >= 0.3 is 11.9 Å². The lowest BCUT2D eigenvalue weighted by molar-refractivity contribution is -0.131. The lowest BCUT2D eigenvalue weighted by Crippen LogP contribution is -2.32. The minimum absolute atomic E-state index is 0.0370. The van der Waals surface area contributed by atoms with E-state index in [-0.39, 0.29) is 23.7 Å². The van der Waals surface area contributed by atoms with E-state index in [0.29, 0.717) is 28.5 Å². The molecule has 4 aromatic rings. The molecule has 1 heterocycles. The Bertz CT molecular complexity index is 1570. The van der Waals surface area contributed by atoms with Gasteiger partial charge in [0.05, 0.1) is 4.90 Å². The number of nitrogens with zero attached hydrogens (tertiary/aromatic N) is 1. The Morgan fingerprint density at radius 2 is 1.65 bits per heavy atom. The fourth-order valence-corrected chi connectivity index (χ4v) is 5.46. The van der Waals surface area contributed by atoms with Crippen molar-refractivity contribution in [1.29, 1.82) is 0 Å². The highest BCUT2D eigenvalue weighted by Gasteiger charge is 2.26. The van der Waals surface area contributed by atoms with Gasteiger partial charge in [0.2, 0.25) is 15.8 Å². The summed E-state index contributed by atoms with van der Waals surface area (Å²) in [6, 6.07) is 20.9. The predicted octanol–water partition coefficient (Wildman–Crippen LogP) is 4.97. The number of aromatic carboxylic acids is 1. The monoisotopic (exact) mass is 519 g/mol. The summed E-state index contributed by atoms with van der Waals surface area (Å²) < 4.78 is 34.4. The van der Waals surface area contributed by atoms with Crippen molar-refractivity contribution in [2.75, 3.05) is 6.54 Å². The van der Waals surface area contributed by atoms with Gasteiger partial charge in [0.1, 0.15) is 5.58 Å². The summed E-state index contributed by atoms with van der Waals surface area (Å²) in [5.74, 6) is -2.49. The standard InChI is InChI=1S/C28H25NO7S/c1-19-24-17-23(12-13-25(24)36-27(19)28(32)33)37(34,35)29(16-15-20-5-3-2-4-6-20)18-22-9-7-21(8-10-22)11-14-26(30)31/h2-14,17H,15-16,18H2,1H3,(H,30,31)(H,32,33). The van der Waals surface area contributed by atoms with Gasteiger partial charge < -0.3 is 14.6 Å². The molecule has 0 saturated heterocycles. The minimum atomic E-state index is -3.97. The number of fused-ring (bicyclic) bond motifs is 1. The molecule has 8 nitrogen and oxygen atoms in total. The van der Waals surface area contributed by atoms with Gasteiger partial charge in [-0.25, -0.2) is 18.0 Å². The number of sulfonamides is 1. The zero-order valence-electron chi connectivity index (χ0n) is 20.0. The fraction of sp³-hybridized carbons (Fsp3) is 0.143. The first kappa shape index (κ1) is 25.9. The van der Waals surface area contributed by atoms with E-state index < -0.39 is 22.0 Å². The van der Waals surface area contributed by atoms with Crippen LogP contribution in [0.5, 0.6) is 0 Å². The summed E-state index contributed by atoms with van der Waals surface area (Å²) in [6.07, 6.45) is 2.99. The molecule has 0 aliphatic rings. The van der Waals surface area contributed by atoms with Crippen molar-refractivity contribution >= 4 is 39.0 Å². The van der Waals surface area contributed by atoms with E-state index in [1.54, 1.807) is 31.2 Å². The Kier molecular flexibility index (Phi) is 7.56. The van der Waals surface area contributed by atoms with Crippen LogP contribution in [0.15, 0.2) is 88.2 Å². The molecule has 2 N–H and O–H groups in total. The van der Waals surface area contributed by atoms with Gasteiger partial charge in [-0.05, 0) is 54.3 Å². The molecule has 0 aliphatic carbocycles. The topological polar surface area (TPSA) is 125 Å². The second kappa shape index (κ2) is 10.8. The predicted molar refractivity (Wildman–Crippen MR) is 139 cm³/mol. The molecule has 0 saturated carbocycles. The maximum Gasteiger partial charge on any atom is 0.372 e. The van der Waals surface area contributed by atoms with Gasteiger partial charge in [0, 0.05) is 30.1 Å². The van der Waals surface area contributed by atoms with Crippen LogP contribution in [0.25, 0.3) is 17.0 Å². The van der Waals surface area contributed by atoms with E-state index in [1.807, 2.05) is 30.3 Å². The molecule has 0 fully saturated rings. The molecular formula is C28H25NO7S. The summed E-state index contributed by atoms with van der Waals surface area (Å²) >= 11 is 0. The van der Waals surface area contributed by atoms with Crippen molar-refractivity contribution in [3.8, 4) is 0 Å². The Labute approximate surface area is 214 Å². The summed E-state index contributed by atoms with van der Waals surface area (Å²) in [5.41, 5.74) is 3.07. The third-order valence-electron chi connectivity index (χ3n) is 5.99. The first-order valence-electron chi connectivity index (χ1n) is 11.5. The number of hydrogen-bond donors (Lipinski definition) is 2. The van der Waals surface area contributed by atoms with Gasteiger partial charge in [-0.3, -0.25) is 0 Å². The first-order valence-corrected chi connectivity index (χ1v) is 12.9. The smallest absolute Gasteiger partial charge is 0.372 e. The third kappa shape index (κ3) is 5.96. The maximum absolute atomic E-state index is 13.8. The summed E-state index contributed by atoms with van der Waals surface area (Å²) in [6.45, 7) is 1.90. The number of aryl methyl sites for hydroxylation is 1. The zero-order chi connectivity index (χ0) is 26.6. The van der Waals surface area contributed by atoms with Crippen LogP contribution in [0, 0.1) is 6.92 Å². The van der Waals surface area contributed by atoms with E-state index in [1.165, 1.54) is 28.6 Å². The van der Waals surface area contributed by atoms with Crippen LogP contribution in [0.2, 0.25) is 0 Å². The highest BCUT2D eigenvalue weighted by molar-refractivity contribution is 7.89. The van der Waals surface area contributed by atoms with Crippen LogP contribution >= 0.6 is 0 Å². The second-order valence-electron chi connectivity index (χ2n) is 8.51. The number of carboxylic acids is 2. The number of furan rings is 1. The van der Waals surface area contributed by atoms with Gasteiger partial charge in [-0.2, -0.15) is 4.31 Å². The van der Waals surface area contributed by atoms with Crippen molar-refractivity contribution in [1.82, 2.24) is 4.31 Å². The molecule has 0 unspecified atom stereocenters. The van der Waals surface area contributed by atoms with E-state index in [4.69, 9.17) is 9.52 Å². The molecule has 0 bridgehead atoms. The average Bonchev–Trinajstić information content (AvgIpc) is 3.22. The number of carboxylic acid groups (broad SMARTS) is 2. The van der Waals surface area contributed by atoms with Crippen molar-refractivity contribution in [2.45, 2.75) is 24.8 Å². The molecule has 0 spiro atoms. The highest BCUT2D eigenvalue weighted by Crippen LogP contribution is 2.29. The molecule has 1 aromatic heterocycles. The van der Waals surface area contributed by atoms with E-state index in [2.05, 4.69) is 0 Å². The van der Waals surface area contributed by atoms with Crippen molar-refractivity contribution in [3.05, 3.63) is 107 Å². The number of rotatable bonds is 10. The normalized spacial score (nSPS) is 11.9. The summed E-state index contributed by atoms with van der Waals surface area (Å²) in [4.78, 5) is 22.2. The molecule has 0 atom stereocenters. The van der Waals surface area contributed by atoms with Gasteiger partial charge in [-0.15, -0.1) is 0 Å². The molecule has 37 heavy (non-hydrogen) atoms. The third-order valence-corrected chi connectivity index (χ3v) is 7.83. The van der Waals surface area contributed by atoms with Crippen LogP contribution in [0.3, 0.4) is 0 Å². The number of carbonyl (C=O) groups is 2. The van der Waals surface area contributed by atoms with Crippen LogP contribution in [-0.4, -0.2) is 41.4 Å². The van der Waals surface area contributed by atoms with Crippen LogP contribution in [-0.2, 0) is 27.8 Å². The second-order valence-corrected chi connectivity index (χ2v) is 10.4. The molecule has 190 valence electrons. The largest absolute Gasteiger partial charge is 0.478 e.